The Morgan fingerprint density at radius 2 is 2.11 bits per heavy atom. The Labute approximate surface area is 112 Å². The van der Waals surface area contributed by atoms with Crippen molar-refractivity contribution in [3.8, 4) is 0 Å². The van der Waals surface area contributed by atoms with Crippen LogP contribution in [0.2, 0.25) is 0 Å². The second kappa shape index (κ2) is 6.88. The van der Waals surface area contributed by atoms with Crippen molar-refractivity contribution in [2.75, 3.05) is 32.8 Å². The van der Waals surface area contributed by atoms with Crippen molar-refractivity contribution in [3.05, 3.63) is 0 Å². The molecule has 2 heterocycles. The highest BCUT2D eigenvalue weighted by molar-refractivity contribution is 4.79. The lowest BCUT2D eigenvalue weighted by Crippen LogP contribution is -2.45. The molecule has 18 heavy (non-hydrogen) atoms. The maximum Gasteiger partial charge on any atom is 0.0726 e. The van der Waals surface area contributed by atoms with Gasteiger partial charge in [-0.2, -0.15) is 0 Å². The zero-order valence-corrected chi connectivity index (χ0v) is 12.3. The summed E-state index contributed by atoms with van der Waals surface area (Å²) in [7, 11) is 0. The van der Waals surface area contributed by atoms with Crippen molar-refractivity contribution in [2.45, 2.75) is 52.2 Å². The number of nitrogens with zero attached hydrogens (tertiary/aromatic N) is 1. The zero-order valence-electron chi connectivity index (χ0n) is 12.3. The first-order valence-corrected chi connectivity index (χ1v) is 7.74. The van der Waals surface area contributed by atoms with E-state index in [0.717, 1.165) is 25.0 Å². The second-order valence-corrected chi connectivity index (χ2v) is 6.34. The molecule has 2 aliphatic rings. The molecule has 0 aromatic heterocycles. The summed E-state index contributed by atoms with van der Waals surface area (Å²) in [6, 6.07) is 0.508. The Morgan fingerprint density at radius 1 is 1.28 bits per heavy atom. The fraction of sp³-hybridized carbons (Fsp3) is 1.00. The van der Waals surface area contributed by atoms with Gasteiger partial charge in [0.1, 0.15) is 0 Å². The lowest BCUT2D eigenvalue weighted by Gasteiger charge is -2.35. The molecule has 2 saturated heterocycles. The van der Waals surface area contributed by atoms with Crippen LogP contribution < -0.4 is 5.32 Å². The molecule has 0 aliphatic carbocycles. The normalized spacial score (nSPS) is 35.8. The Morgan fingerprint density at radius 3 is 2.78 bits per heavy atom. The summed E-state index contributed by atoms with van der Waals surface area (Å²) in [6.45, 7) is 12.8. The van der Waals surface area contributed by atoms with E-state index in [4.69, 9.17) is 4.74 Å². The maximum absolute atomic E-state index is 5.71. The van der Waals surface area contributed by atoms with Gasteiger partial charge in [-0.15, -0.1) is 0 Å². The zero-order chi connectivity index (χ0) is 13.0. The van der Waals surface area contributed by atoms with Crippen LogP contribution >= 0.6 is 0 Å². The third-order valence-corrected chi connectivity index (χ3v) is 4.84. The molecule has 0 bridgehead atoms. The van der Waals surface area contributed by atoms with Gasteiger partial charge in [0.05, 0.1) is 6.10 Å². The van der Waals surface area contributed by atoms with E-state index in [0.29, 0.717) is 12.1 Å². The van der Waals surface area contributed by atoms with E-state index in [1.165, 1.54) is 38.9 Å². The van der Waals surface area contributed by atoms with E-state index in [9.17, 15) is 0 Å². The number of piperidine rings is 1. The first kappa shape index (κ1) is 14.3. The molecule has 4 atom stereocenters. The average molecular weight is 254 g/mol. The number of hydrogen-bond acceptors (Lipinski definition) is 3. The predicted octanol–water partition coefficient (Wildman–Crippen LogP) is 2.12. The summed E-state index contributed by atoms with van der Waals surface area (Å²) in [4.78, 5) is 2.61. The fourth-order valence-electron chi connectivity index (χ4n) is 3.13. The first-order chi connectivity index (χ1) is 8.66. The van der Waals surface area contributed by atoms with Crippen LogP contribution in [0.5, 0.6) is 0 Å². The third kappa shape index (κ3) is 3.94. The highest BCUT2D eigenvalue weighted by Gasteiger charge is 2.24. The number of ether oxygens (including phenoxy) is 1. The van der Waals surface area contributed by atoms with E-state index < -0.39 is 0 Å². The van der Waals surface area contributed by atoms with Crippen LogP contribution in [0.3, 0.4) is 0 Å². The number of hydrogen-bond donors (Lipinski definition) is 1. The summed E-state index contributed by atoms with van der Waals surface area (Å²) in [5.74, 6) is 1.76. The molecule has 0 aromatic carbocycles. The minimum atomic E-state index is 0.449. The monoisotopic (exact) mass is 254 g/mol. The smallest absolute Gasteiger partial charge is 0.0726 e. The van der Waals surface area contributed by atoms with Gasteiger partial charge in [-0.25, -0.2) is 0 Å². The summed E-state index contributed by atoms with van der Waals surface area (Å²) in [5, 5.41) is 3.63. The lowest BCUT2D eigenvalue weighted by atomic mass is 9.89. The molecule has 2 fully saturated rings. The SMILES string of the molecule is CC1CCN(CCNC(C)C2CCCO2)CC1C. The predicted molar refractivity (Wildman–Crippen MR) is 75.8 cm³/mol. The number of likely N-dealkylation sites (tertiary alicyclic amines) is 1. The van der Waals surface area contributed by atoms with Crippen LogP contribution in [0.15, 0.2) is 0 Å². The fourth-order valence-corrected chi connectivity index (χ4v) is 3.13. The van der Waals surface area contributed by atoms with Crippen LogP contribution in [0.25, 0.3) is 0 Å². The van der Waals surface area contributed by atoms with E-state index >= 15 is 0 Å². The summed E-state index contributed by atoms with van der Waals surface area (Å²) in [6.07, 6.45) is 4.28. The van der Waals surface area contributed by atoms with Gasteiger partial charge in [0.25, 0.3) is 0 Å². The van der Waals surface area contributed by atoms with Crippen molar-refractivity contribution in [1.29, 1.82) is 0 Å². The average Bonchev–Trinajstić information content (AvgIpc) is 2.87. The first-order valence-electron chi connectivity index (χ1n) is 7.74. The number of nitrogens with one attached hydrogen (secondary N) is 1. The molecule has 0 saturated carbocycles. The molecule has 2 rings (SSSR count). The van der Waals surface area contributed by atoms with Crippen molar-refractivity contribution >= 4 is 0 Å². The van der Waals surface area contributed by atoms with E-state index in [1.807, 2.05) is 0 Å². The van der Waals surface area contributed by atoms with Gasteiger partial charge in [-0.1, -0.05) is 13.8 Å². The van der Waals surface area contributed by atoms with Gasteiger partial charge in [0, 0.05) is 32.3 Å². The molecule has 3 heteroatoms. The molecule has 3 nitrogen and oxygen atoms in total. The van der Waals surface area contributed by atoms with Crippen molar-refractivity contribution in [2.24, 2.45) is 11.8 Å². The Kier molecular flexibility index (Phi) is 5.46. The number of rotatable bonds is 5. The Balaban J connectivity index is 1.60. The van der Waals surface area contributed by atoms with E-state index in [-0.39, 0.29) is 0 Å². The highest BCUT2D eigenvalue weighted by atomic mass is 16.5. The molecular formula is C15H30N2O. The van der Waals surface area contributed by atoms with Crippen molar-refractivity contribution in [3.63, 3.8) is 0 Å². The van der Waals surface area contributed by atoms with Crippen molar-refractivity contribution in [1.82, 2.24) is 10.2 Å². The van der Waals surface area contributed by atoms with Gasteiger partial charge in [-0.05, 0) is 44.6 Å². The molecule has 4 unspecified atom stereocenters. The Bertz CT molecular complexity index is 241. The largest absolute Gasteiger partial charge is 0.377 e. The molecule has 0 radical (unpaired) electrons. The van der Waals surface area contributed by atoms with Crippen LogP contribution in [-0.4, -0.2) is 49.8 Å². The lowest BCUT2D eigenvalue weighted by molar-refractivity contribution is 0.0805. The standard InChI is InChI=1S/C15H30N2O/c1-12-6-8-17(11-13(12)2)9-7-16-14(3)15-5-4-10-18-15/h12-16H,4-11H2,1-3H3. The van der Waals surface area contributed by atoms with Crippen LogP contribution in [0.1, 0.15) is 40.0 Å². The Hall–Kier alpha value is -0.120. The maximum atomic E-state index is 5.71. The summed E-state index contributed by atoms with van der Waals surface area (Å²) >= 11 is 0. The highest BCUT2D eigenvalue weighted by Crippen LogP contribution is 2.22. The minimum absolute atomic E-state index is 0.449. The van der Waals surface area contributed by atoms with Crippen LogP contribution in [0, 0.1) is 11.8 Å². The quantitative estimate of drug-likeness (QED) is 0.813. The van der Waals surface area contributed by atoms with Gasteiger partial charge < -0.3 is 15.0 Å². The molecule has 0 spiro atoms. The van der Waals surface area contributed by atoms with Gasteiger partial charge in [0.15, 0.2) is 0 Å². The van der Waals surface area contributed by atoms with Gasteiger partial charge in [0.2, 0.25) is 0 Å². The summed E-state index contributed by atoms with van der Waals surface area (Å²) < 4.78 is 5.71. The minimum Gasteiger partial charge on any atom is -0.377 e. The summed E-state index contributed by atoms with van der Waals surface area (Å²) in [5.41, 5.74) is 0. The van der Waals surface area contributed by atoms with E-state index in [2.05, 4.69) is 31.0 Å². The molecule has 1 N–H and O–H groups in total. The molecule has 0 aromatic rings. The van der Waals surface area contributed by atoms with Crippen LogP contribution in [0.4, 0.5) is 0 Å². The molecule has 106 valence electrons. The molecular weight excluding hydrogens is 224 g/mol. The molecule has 2 aliphatic heterocycles. The molecule has 0 amide bonds. The van der Waals surface area contributed by atoms with Crippen molar-refractivity contribution < 1.29 is 4.74 Å². The second-order valence-electron chi connectivity index (χ2n) is 6.34. The van der Waals surface area contributed by atoms with E-state index in [1.54, 1.807) is 0 Å². The third-order valence-electron chi connectivity index (χ3n) is 4.84. The van der Waals surface area contributed by atoms with Crippen LogP contribution in [-0.2, 0) is 4.74 Å². The topological polar surface area (TPSA) is 24.5 Å². The van der Waals surface area contributed by atoms with Gasteiger partial charge in [-0.3, -0.25) is 0 Å². The van der Waals surface area contributed by atoms with Gasteiger partial charge >= 0.3 is 0 Å².